The summed E-state index contributed by atoms with van der Waals surface area (Å²) < 4.78 is 0. The smallest absolute Gasteiger partial charge is 0.0596 e. The summed E-state index contributed by atoms with van der Waals surface area (Å²) >= 11 is 0. The molecule has 0 aromatic rings. The average molecular weight is 184 g/mol. The van der Waals surface area contributed by atoms with E-state index in [1.807, 2.05) is 0 Å². The van der Waals surface area contributed by atoms with E-state index in [1.165, 1.54) is 25.7 Å². The van der Waals surface area contributed by atoms with E-state index in [0.717, 1.165) is 12.8 Å². The van der Waals surface area contributed by atoms with Crippen molar-refractivity contribution in [2.24, 2.45) is 11.3 Å². The first-order chi connectivity index (χ1) is 6.08. The van der Waals surface area contributed by atoms with Crippen molar-refractivity contribution < 1.29 is 5.11 Å². The Morgan fingerprint density at radius 2 is 2.08 bits per heavy atom. The molecule has 0 radical (unpaired) electrons. The Labute approximate surface area is 82.5 Å². The third-order valence-electron chi connectivity index (χ3n) is 3.93. The van der Waals surface area contributed by atoms with Crippen LogP contribution < -0.4 is 0 Å². The van der Waals surface area contributed by atoms with Gasteiger partial charge in [0.15, 0.2) is 0 Å². The molecule has 0 saturated heterocycles. The highest BCUT2D eigenvalue weighted by molar-refractivity contribution is 4.84. The van der Waals surface area contributed by atoms with Crippen molar-refractivity contribution in [3.8, 4) is 0 Å². The van der Waals surface area contributed by atoms with Crippen molar-refractivity contribution in [3.05, 3.63) is 0 Å². The minimum atomic E-state index is -0.0761. The van der Waals surface area contributed by atoms with Gasteiger partial charge in [0.05, 0.1) is 6.10 Å². The molecule has 78 valence electrons. The Morgan fingerprint density at radius 3 is 2.69 bits per heavy atom. The van der Waals surface area contributed by atoms with Crippen LogP contribution in [0.15, 0.2) is 0 Å². The second kappa shape index (κ2) is 4.45. The normalized spacial score (nSPS) is 42.5. The molecule has 0 amide bonds. The SMILES string of the molecule is CCC1(C)CCCCC(C)CC1O. The van der Waals surface area contributed by atoms with Crippen LogP contribution in [-0.4, -0.2) is 11.2 Å². The van der Waals surface area contributed by atoms with Gasteiger partial charge in [-0.1, -0.05) is 40.0 Å². The fourth-order valence-electron chi connectivity index (χ4n) is 2.38. The molecular formula is C12H24O. The number of hydrogen-bond donors (Lipinski definition) is 1. The Hall–Kier alpha value is -0.0400. The van der Waals surface area contributed by atoms with Gasteiger partial charge in [-0.2, -0.15) is 0 Å². The second-order valence-corrected chi connectivity index (χ2v) is 5.11. The highest BCUT2D eigenvalue weighted by Gasteiger charge is 2.32. The van der Waals surface area contributed by atoms with Crippen LogP contribution in [0.3, 0.4) is 0 Å². The molecule has 1 fully saturated rings. The van der Waals surface area contributed by atoms with Crippen molar-refractivity contribution in [2.45, 2.75) is 65.4 Å². The minimum Gasteiger partial charge on any atom is -0.393 e. The molecule has 0 spiro atoms. The van der Waals surface area contributed by atoms with E-state index in [2.05, 4.69) is 20.8 Å². The number of rotatable bonds is 1. The van der Waals surface area contributed by atoms with E-state index in [0.29, 0.717) is 5.92 Å². The molecule has 0 bridgehead atoms. The number of aliphatic hydroxyl groups excluding tert-OH is 1. The highest BCUT2D eigenvalue weighted by Crippen LogP contribution is 2.38. The van der Waals surface area contributed by atoms with Crippen molar-refractivity contribution in [1.82, 2.24) is 0 Å². The van der Waals surface area contributed by atoms with Crippen LogP contribution in [0.5, 0.6) is 0 Å². The Balaban J connectivity index is 2.61. The largest absolute Gasteiger partial charge is 0.393 e. The van der Waals surface area contributed by atoms with E-state index in [9.17, 15) is 5.11 Å². The maximum Gasteiger partial charge on any atom is 0.0596 e. The Bertz CT molecular complexity index is 155. The van der Waals surface area contributed by atoms with Gasteiger partial charge in [-0.05, 0) is 30.6 Å². The quantitative estimate of drug-likeness (QED) is 0.662. The van der Waals surface area contributed by atoms with Gasteiger partial charge in [0, 0.05) is 0 Å². The van der Waals surface area contributed by atoms with Crippen LogP contribution >= 0.6 is 0 Å². The lowest BCUT2D eigenvalue weighted by Gasteiger charge is -2.37. The molecule has 3 unspecified atom stereocenters. The minimum absolute atomic E-state index is 0.0761. The lowest BCUT2D eigenvalue weighted by molar-refractivity contribution is 0.00137. The summed E-state index contributed by atoms with van der Waals surface area (Å²) in [5, 5.41) is 10.1. The van der Waals surface area contributed by atoms with Gasteiger partial charge >= 0.3 is 0 Å². The van der Waals surface area contributed by atoms with Crippen LogP contribution in [0, 0.1) is 11.3 Å². The maximum atomic E-state index is 10.1. The van der Waals surface area contributed by atoms with Crippen molar-refractivity contribution >= 4 is 0 Å². The Morgan fingerprint density at radius 1 is 1.38 bits per heavy atom. The van der Waals surface area contributed by atoms with Crippen LogP contribution in [0.1, 0.15) is 59.3 Å². The molecule has 1 aliphatic rings. The maximum absolute atomic E-state index is 10.1. The molecule has 1 saturated carbocycles. The monoisotopic (exact) mass is 184 g/mol. The topological polar surface area (TPSA) is 20.2 Å². The molecular weight excluding hydrogens is 160 g/mol. The second-order valence-electron chi connectivity index (χ2n) is 5.11. The lowest BCUT2D eigenvalue weighted by atomic mass is 9.72. The molecule has 0 aromatic carbocycles. The zero-order valence-electron chi connectivity index (χ0n) is 9.34. The molecule has 1 nitrogen and oxygen atoms in total. The molecule has 1 rings (SSSR count). The molecule has 1 aliphatic carbocycles. The summed E-state index contributed by atoms with van der Waals surface area (Å²) in [7, 11) is 0. The summed E-state index contributed by atoms with van der Waals surface area (Å²) in [6.45, 7) is 6.72. The fourth-order valence-corrected chi connectivity index (χ4v) is 2.38. The Kier molecular flexibility index (Phi) is 3.78. The van der Waals surface area contributed by atoms with Gasteiger partial charge in [-0.3, -0.25) is 0 Å². The van der Waals surface area contributed by atoms with Crippen molar-refractivity contribution in [3.63, 3.8) is 0 Å². The molecule has 0 aliphatic heterocycles. The van der Waals surface area contributed by atoms with E-state index >= 15 is 0 Å². The highest BCUT2D eigenvalue weighted by atomic mass is 16.3. The van der Waals surface area contributed by atoms with Crippen LogP contribution in [0.2, 0.25) is 0 Å². The van der Waals surface area contributed by atoms with E-state index in [-0.39, 0.29) is 11.5 Å². The molecule has 1 N–H and O–H groups in total. The van der Waals surface area contributed by atoms with Gasteiger partial charge in [0.25, 0.3) is 0 Å². The molecule has 0 aromatic heterocycles. The summed E-state index contributed by atoms with van der Waals surface area (Å²) in [4.78, 5) is 0. The van der Waals surface area contributed by atoms with E-state index in [1.54, 1.807) is 0 Å². The standard InChI is InChI=1S/C12H24O/c1-4-12(3)8-6-5-7-10(2)9-11(12)13/h10-11,13H,4-9H2,1-3H3. The van der Waals surface area contributed by atoms with Gasteiger partial charge in [0.2, 0.25) is 0 Å². The molecule has 0 heterocycles. The van der Waals surface area contributed by atoms with Gasteiger partial charge < -0.3 is 5.11 Å². The first kappa shape index (κ1) is 11.0. The predicted molar refractivity (Wildman–Crippen MR) is 56.7 cm³/mol. The van der Waals surface area contributed by atoms with E-state index in [4.69, 9.17) is 0 Å². The van der Waals surface area contributed by atoms with Crippen molar-refractivity contribution in [2.75, 3.05) is 0 Å². The summed E-state index contributed by atoms with van der Waals surface area (Å²) in [5.41, 5.74) is 0.189. The number of aliphatic hydroxyl groups is 1. The summed E-state index contributed by atoms with van der Waals surface area (Å²) in [6, 6.07) is 0. The molecule has 1 heteroatoms. The third kappa shape index (κ3) is 2.70. The summed E-state index contributed by atoms with van der Waals surface area (Å²) in [5.74, 6) is 0.709. The van der Waals surface area contributed by atoms with Crippen molar-refractivity contribution in [1.29, 1.82) is 0 Å². The third-order valence-corrected chi connectivity index (χ3v) is 3.93. The zero-order valence-corrected chi connectivity index (χ0v) is 9.34. The summed E-state index contributed by atoms with van der Waals surface area (Å²) in [6.07, 6.45) is 7.20. The molecule has 3 atom stereocenters. The number of hydrogen-bond acceptors (Lipinski definition) is 1. The molecule has 13 heavy (non-hydrogen) atoms. The van der Waals surface area contributed by atoms with Gasteiger partial charge in [0.1, 0.15) is 0 Å². The first-order valence-electron chi connectivity index (χ1n) is 5.76. The predicted octanol–water partition coefficient (Wildman–Crippen LogP) is 3.36. The van der Waals surface area contributed by atoms with Gasteiger partial charge in [-0.25, -0.2) is 0 Å². The average Bonchev–Trinajstić information content (AvgIpc) is 2.10. The first-order valence-corrected chi connectivity index (χ1v) is 5.76. The lowest BCUT2D eigenvalue weighted by Crippen LogP contribution is -2.34. The van der Waals surface area contributed by atoms with Crippen LogP contribution in [0.25, 0.3) is 0 Å². The van der Waals surface area contributed by atoms with E-state index < -0.39 is 0 Å². The zero-order chi connectivity index (χ0) is 9.90. The van der Waals surface area contributed by atoms with Crippen LogP contribution in [-0.2, 0) is 0 Å². The fraction of sp³-hybridized carbons (Fsp3) is 1.00. The van der Waals surface area contributed by atoms with Gasteiger partial charge in [-0.15, -0.1) is 0 Å². The van der Waals surface area contributed by atoms with Crippen LogP contribution in [0.4, 0.5) is 0 Å².